The van der Waals surface area contributed by atoms with Crippen molar-refractivity contribution in [3.63, 3.8) is 0 Å². The number of fused-ring (bicyclic) bond motifs is 18. The highest BCUT2D eigenvalue weighted by molar-refractivity contribution is 7.26. The van der Waals surface area contributed by atoms with E-state index >= 15 is 0 Å². The molecule has 0 radical (unpaired) electrons. The maximum absolute atomic E-state index is 2.48. The monoisotopic (exact) mass is 1100 g/mol. The smallest absolute Gasteiger partial charge is 0.0541 e. The largest absolute Gasteiger partial charge is 0.309 e. The van der Waals surface area contributed by atoms with Gasteiger partial charge in [0.05, 0.1) is 44.1 Å². The molecular formula is C78H46N4S2. The van der Waals surface area contributed by atoms with Crippen molar-refractivity contribution in [2.24, 2.45) is 0 Å². The molecule has 0 fully saturated rings. The normalized spacial score (nSPS) is 12.3. The summed E-state index contributed by atoms with van der Waals surface area (Å²) in [5.74, 6) is 0. The molecule has 6 heterocycles. The average Bonchev–Trinajstić information content (AvgIpc) is 2.55. The first-order valence-corrected chi connectivity index (χ1v) is 30.4. The first kappa shape index (κ1) is 46.1. The minimum Gasteiger partial charge on any atom is -0.309 e. The fourth-order valence-corrected chi connectivity index (χ4v) is 16.7. The molecule has 0 aliphatic carbocycles. The number of hydrogen-bond acceptors (Lipinski definition) is 2. The van der Waals surface area contributed by atoms with Crippen LogP contribution < -0.4 is 0 Å². The lowest BCUT2D eigenvalue weighted by Crippen LogP contribution is -1.95. The van der Waals surface area contributed by atoms with Gasteiger partial charge in [0.15, 0.2) is 0 Å². The summed E-state index contributed by atoms with van der Waals surface area (Å²) >= 11 is 3.79. The molecule has 0 N–H and O–H groups in total. The molecule has 0 spiro atoms. The van der Waals surface area contributed by atoms with E-state index in [0.29, 0.717) is 0 Å². The summed E-state index contributed by atoms with van der Waals surface area (Å²) in [5.41, 5.74) is 19.2. The average molecular weight is 1100 g/mol. The molecule has 0 saturated heterocycles. The molecule has 0 unspecified atom stereocenters. The van der Waals surface area contributed by atoms with Gasteiger partial charge in [-0.1, -0.05) is 158 Å². The number of thiophene rings is 2. The highest BCUT2D eigenvalue weighted by Gasteiger charge is 2.22. The topological polar surface area (TPSA) is 19.7 Å². The maximum atomic E-state index is 2.48. The van der Waals surface area contributed by atoms with E-state index in [1.807, 2.05) is 22.7 Å². The van der Waals surface area contributed by atoms with Gasteiger partial charge in [-0.25, -0.2) is 0 Å². The van der Waals surface area contributed by atoms with Crippen molar-refractivity contribution in [3.8, 4) is 45.0 Å². The molecule has 0 saturated carbocycles. The number of benzene rings is 13. The van der Waals surface area contributed by atoms with E-state index < -0.39 is 0 Å². The van der Waals surface area contributed by atoms with Crippen molar-refractivity contribution < 1.29 is 0 Å². The Morgan fingerprint density at radius 1 is 0.190 bits per heavy atom. The van der Waals surface area contributed by atoms with Crippen LogP contribution in [0.2, 0.25) is 0 Å². The summed E-state index contributed by atoms with van der Waals surface area (Å²) in [5, 5.41) is 15.1. The van der Waals surface area contributed by atoms with Crippen molar-refractivity contribution in [3.05, 3.63) is 279 Å². The molecule has 13 aromatic carbocycles. The second-order valence-corrected chi connectivity index (χ2v) is 24.5. The summed E-state index contributed by atoms with van der Waals surface area (Å²) in [4.78, 5) is 0. The Hall–Kier alpha value is -10.5. The Morgan fingerprint density at radius 2 is 0.548 bits per heavy atom. The van der Waals surface area contributed by atoms with Gasteiger partial charge in [0.2, 0.25) is 0 Å². The molecule has 390 valence electrons. The third kappa shape index (κ3) is 6.52. The highest BCUT2D eigenvalue weighted by Crippen LogP contribution is 2.48. The van der Waals surface area contributed by atoms with Gasteiger partial charge in [-0.05, 0) is 138 Å². The minimum absolute atomic E-state index is 1.15. The van der Waals surface area contributed by atoms with Gasteiger partial charge in [-0.3, -0.25) is 0 Å². The summed E-state index contributed by atoms with van der Waals surface area (Å²) in [6.07, 6.45) is 0. The number of aromatic nitrogens is 4. The number of para-hydroxylation sites is 7. The zero-order valence-corrected chi connectivity index (χ0v) is 46.8. The Labute approximate surface area is 489 Å². The standard InChI is InChI=1S/C78H46N4S2/c1-2-17-49(18-3-1)79-71-31-14-8-23-58(71)62-41-47(33-37-73(62)79)53-25-16-26-60-64-43-50(35-39-75(64)83-77(53)60)81-72-32-15-9-24-59(72)63-42-48(34-38-74(63)81)61-45-52(82-69-29-12-6-21-56(69)57-22-7-13-30-70(57)82)46-66-65-44-51(36-40-76(65)84-78(61)66)80-67-27-10-4-19-54(67)55-20-5-11-28-68(55)80/h1-46H. The molecule has 0 aliphatic rings. The van der Waals surface area contributed by atoms with Crippen LogP contribution in [-0.2, 0) is 0 Å². The first-order valence-electron chi connectivity index (χ1n) is 28.7. The summed E-state index contributed by atoms with van der Waals surface area (Å²) in [7, 11) is 0. The van der Waals surface area contributed by atoms with Crippen LogP contribution in [0.25, 0.3) is 173 Å². The molecule has 0 bridgehead atoms. The van der Waals surface area contributed by atoms with Crippen LogP contribution in [0.4, 0.5) is 0 Å². The quantitative estimate of drug-likeness (QED) is 0.158. The lowest BCUT2D eigenvalue weighted by molar-refractivity contribution is 1.18. The van der Waals surface area contributed by atoms with E-state index in [2.05, 4.69) is 297 Å². The third-order valence-corrected chi connectivity index (χ3v) is 20.4. The molecular weight excluding hydrogens is 1060 g/mol. The predicted molar refractivity (Wildman–Crippen MR) is 360 cm³/mol. The lowest BCUT2D eigenvalue weighted by Gasteiger charge is -2.13. The van der Waals surface area contributed by atoms with Gasteiger partial charge in [-0.15, -0.1) is 22.7 Å². The van der Waals surface area contributed by atoms with E-state index in [4.69, 9.17) is 0 Å². The molecule has 19 aromatic rings. The van der Waals surface area contributed by atoms with Gasteiger partial charge in [0.1, 0.15) is 0 Å². The molecule has 0 aliphatic heterocycles. The second kappa shape index (κ2) is 17.5. The van der Waals surface area contributed by atoms with Crippen LogP contribution in [0.15, 0.2) is 279 Å². The summed E-state index contributed by atoms with van der Waals surface area (Å²) in [6.45, 7) is 0. The minimum atomic E-state index is 1.15. The zero-order valence-electron chi connectivity index (χ0n) is 45.2. The van der Waals surface area contributed by atoms with Gasteiger partial charge in [0.25, 0.3) is 0 Å². The summed E-state index contributed by atoms with van der Waals surface area (Å²) in [6, 6.07) is 104. The fourth-order valence-electron chi connectivity index (χ4n) is 14.3. The predicted octanol–water partition coefficient (Wildman–Crippen LogP) is 22.1. The molecule has 84 heavy (non-hydrogen) atoms. The van der Waals surface area contributed by atoms with Crippen molar-refractivity contribution in [2.45, 2.75) is 0 Å². The van der Waals surface area contributed by atoms with E-state index in [9.17, 15) is 0 Å². The molecule has 19 rings (SSSR count). The van der Waals surface area contributed by atoms with E-state index in [1.54, 1.807) is 0 Å². The Bertz CT molecular complexity index is 5890. The van der Waals surface area contributed by atoms with E-state index in [1.165, 1.54) is 156 Å². The molecule has 0 atom stereocenters. The van der Waals surface area contributed by atoms with Crippen LogP contribution in [0.3, 0.4) is 0 Å². The Kier molecular flexibility index (Phi) is 9.62. The third-order valence-electron chi connectivity index (χ3n) is 17.9. The first-order chi connectivity index (χ1) is 41.7. The van der Waals surface area contributed by atoms with Crippen LogP contribution >= 0.6 is 22.7 Å². The van der Waals surface area contributed by atoms with Gasteiger partial charge in [0, 0.05) is 112 Å². The lowest BCUT2D eigenvalue weighted by atomic mass is 9.99. The van der Waals surface area contributed by atoms with Crippen molar-refractivity contribution in [1.82, 2.24) is 18.3 Å². The molecule has 4 nitrogen and oxygen atoms in total. The second-order valence-electron chi connectivity index (χ2n) is 22.4. The molecule has 6 heteroatoms. The molecule has 0 amide bonds. The van der Waals surface area contributed by atoms with Crippen LogP contribution in [-0.4, -0.2) is 18.3 Å². The fraction of sp³-hybridized carbons (Fsp3) is 0. The number of rotatable bonds is 6. The van der Waals surface area contributed by atoms with E-state index in [0.717, 1.165) is 17.1 Å². The van der Waals surface area contributed by atoms with Gasteiger partial charge >= 0.3 is 0 Å². The van der Waals surface area contributed by atoms with Crippen molar-refractivity contribution in [2.75, 3.05) is 0 Å². The Morgan fingerprint density at radius 3 is 1.04 bits per heavy atom. The zero-order chi connectivity index (χ0) is 54.7. The number of nitrogens with zero attached hydrogens (tertiary/aromatic N) is 4. The Balaban J connectivity index is 0.788. The van der Waals surface area contributed by atoms with E-state index in [-0.39, 0.29) is 0 Å². The summed E-state index contributed by atoms with van der Waals surface area (Å²) < 4.78 is 14.9. The van der Waals surface area contributed by atoms with Crippen LogP contribution in [0.5, 0.6) is 0 Å². The maximum Gasteiger partial charge on any atom is 0.0541 e. The SMILES string of the molecule is c1ccc(-n2c3ccccc3c3cc(-c4cccc5c4sc4ccc(-n6c7ccccc7c7cc(-c8cc(-n9c%10ccccc%10c%10ccccc%109)cc9c8sc8ccc(-n%10c%11ccccc%11c%11ccccc%11%10)cc89)ccc76)cc45)ccc32)cc1. The van der Waals surface area contributed by atoms with Gasteiger partial charge in [-0.2, -0.15) is 0 Å². The van der Waals surface area contributed by atoms with Gasteiger partial charge < -0.3 is 18.3 Å². The van der Waals surface area contributed by atoms with Crippen LogP contribution in [0.1, 0.15) is 0 Å². The van der Waals surface area contributed by atoms with Crippen molar-refractivity contribution >= 4 is 150 Å². The number of hydrogen-bond donors (Lipinski definition) is 0. The van der Waals surface area contributed by atoms with Crippen molar-refractivity contribution in [1.29, 1.82) is 0 Å². The van der Waals surface area contributed by atoms with Crippen LogP contribution in [0, 0.1) is 0 Å². The highest BCUT2D eigenvalue weighted by atomic mass is 32.1. The molecule has 6 aromatic heterocycles.